The van der Waals surface area contributed by atoms with Crippen LogP contribution in [0, 0.1) is 0 Å². The zero-order valence-corrected chi connectivity index (χ0v) is 20.9. The number of Topliss-reactive ketones (excluding diaryl/α,β-unsaturated/α-hetero) is 1. The number of carbonyl (C=O) groups excluding carboxylic acids is 2. The molecule has 1 aliphatic heterocycles. The Morgan fingerprint density at radius 1 is 1.03 bits per heavy atom. The first-order valence-electron chi connectivity index (χ1n) is 11.2. The van der Waals surface area contributed by atoms with E-state index in [-0.39, 0.29) is 28.5 Å². The van der Waals surface area contributed by atoms with E-state index in [1.807, 2.05) is 10.8 Å². The van der Waals surface area contributed by atoms with E-state index in [4.69, 9.17) is 25.8 Å². The first-order chi connectivity index (χ1) is 17.4. The molecule has 4 rings (SSSR count). The number of ether oxygens (including phenoxy) is 3. The van der Waals surface area contributed by atoms with Gasteiger partial charge in [0, 0.05) is 36.6 Å². The third-order valence-electron chi connectivity index (χ3n) is 6.07. The molecule has 1 N–H and O–H groups in total. The SMILES string of the molecule is COc1ccc(OC)c([C@@H]2C(=C(O)c3ccc(OC)c(Cl)c3)C(=O)C(=O)N2CCCn2ccnc2)c1. The van der Waals surface area contributed by atoms with E-state index in [0.29, 0.717) is 35.8 Å². The lowest BCUT2D eigenvalue weighted by Gasteiger charge is -2.27. The predicted molar refractivity (Wildman–Crippen MR) is 133 cm³/mol. The average Bonchev–Trinajstić information content (AvgIpc) is 3.50. The minimum Gasteiger partial charge on any atom is -0.507 e. The van der Waals surface area contributed by atoms with Gasteiger partial charge in [0.15, 0.2) is 0 Å². The Hall–Kier alpha value is -3.98. The van der Waals surface area contributed by atoms with Crippen molar-refractivity contribution in [3.8, 4) is 17.2 Å². The highest BCUT2D eigenvalue weighted by Crippen LogP contribution is 2.44. The minimum absolute atomic E-state index is 0.0598. The number of carbonyl (C=O) groups is 2. The van der Waals surface area contributed by atoms with Gasteiger partial charge in [0.2, 0.25) is 0 Å². The van der Waals surface area contributed by atoms with E-state index in [2.05, 4.69) is 4.98 Å². The maximum Gasteiger partial charge on any atom is 0.295 e. The largest absolute Gasteiger partial charge is 0.507 e. The summed E-state index contributed by atoms with van der Waals surface area (Å²) in [4.78, 5) is 32.0. The summed E-state index contributed by atoms with van der Waals surface area (Å²) in [5.41, 5.74) is 0.735. The highest BCUT2D eigenvalue weighted by molar-refractivity contribution is 6.46. The summed E-state index contributed by atoms with van der Waals surface area (Å²) < 4.78 is 18.0. The summed E-state index contributed by atoms with van der Waals surface area (Å²) in [5.74, 6) is -0.471. The van der Waals surface area contributed by atoms with Crippen molar-refractivity contribution >= 4 is 29.1 Å². The molecular weight excluding hydrogens is 486 g/mol. The van der Waals surface area contributed by atoms with Gasteiger partial charge in [0.25, 0.3) is 11.7 Å². The number of aliphatic hydroxyl groups excluding tert-OH is 1. The molecule has 1 fully saturated rings. The predicted octanol–water partition coefficient (Wildman–Crippen LogP) is 4.07. The van der Waals surface area contributed by atoms with Crippen LogP contribution in [0.15, 0.2) is 60.7 Å². The van der Waals surface area contributed by atoms with Gasteiger partial charge in [-0.05, 0) is 42.8 Å². The molecule has 3 aromatic rings. The van der Waals surface area contributed by atoms with E-state index in [1.165, 1.54) is 32.3 Å². The maximum absolute atomic E-state index is 13.3. The Balaban J connectivity index is 1.83. The molecule has 1 saturated heterocycles. The van der Waals surface area contributed by atoms with Gasteiger partial charge in [-0.3, -0.25) is 9.59 Å². The molecule has 36 heavy (non-hydrogen) atoms. The lowest BCUT2D eigenvalue weighted by Crippen LogP contribution is -2.31. The van der Waals surface area contributed by atoms with E-state index >= 15 is 0 Å². The second kappa shape index (κ2) is 10.7. The minimum atomic E-state index is -0.904. The third kappa shape index (κ3) is 4.74. The van der Waals surface area contributed by atoms with Crippen molar-refractivity contribution in [2.75, 3.05) is 27.9 Å². The third-order valence-corrected chi connectivity index (χ3v) is 6.37. The number of imidazole rings is 1. The summed E-state index contributed by atoms with van der Waals surface area (Å²) in [5, 5.41) is 11.6. The molecule has 0 bridgehead atoms. The molecule has 9 nitrogen and oxygen atoms in total. The highest BCUT2D eigenvalue weighted by atomic mass is 35.5. The molecule has 1 aromatic heterocycles. The molecule has 0 unspecified atom stereocenters. The van der Waals surface area contributed by atoms with Crippen molar-refractivity contribution in [2.24, 2.45) is 0 Å². The Labute approximate surface area is 213 Å². The normalized spacial score (nSPS) is 16.9. The smallest absolute Gasteiger partial charge is 0.295 e. The summed E-state index contributed by atoms with van der Waals surface area (Å²) in [6.45, 7) is 0.854. The molecular formula is C26H26ClN3O6. The number of hydrogen-bond acceptors (Lipinski definition) is 7. The van der Waals surface area contributed by atoms with Gasteiger partial charge in [-0.1, -0.05) is 11.6 Å². The molecule has 1 atom stereocenters. The lowest BCUT2D eigenvalue weighted by atomic mass is 9.94. The highest BCUT2D eigenvalue weighted by Gasteiger charge is 2.47. The van der Waals surface area contributed by atoms with Crippen molar-refractivity contribution in [3.63, 3.8) is 0 Å². The van der Waals surface area contributed by atoms with Crippen LogP contribution >= 0.6 is 11.6 Å². The first-order valence-corrected chi connectivity index (χ1v) is 11.6. The zero-order valence-electron chi connectivity index (χ0n) is 20.1. The number of nitrogens with zero attached hydrogens (tertiary/aromatic N) is 3. The second-order valence-corrected chi connectivity index (χ2v) is 8.51. The van der Waals surface area contributed by atoms with Gasteiger partial charge < -0.3 is 28.8 Å². The van der Waals surface area contributed by atoms with Crippen LogP contribution in [0.3, 0.4) is 0 Å². The van der Waals surface area contributed by atoms with Gasteiger partial charge in [-0.15, -0.1) is 0 Å². The fraction of sp³-hybridized carbons (Fsp3) is 0.269. The molecule has 0 spiro atoms. The topological polar surface area (TPSA) is 103 Å². The summed E-state index contributed by atoms with van der Waals surface area (Å²) in [7, 11) is 4.50. The number of hydrogen-bond donors (Lipinski definition) is 1. The number of aromatic nitrogens is 2. The standard InChI is InChI=1S/C26H26ClN3O6/c1-34-17-6-8-20(35-2)18(14-17)23-22(24(31)16-5-7-21(36-3)19(27)13-16)25(32)26(33)30(23)11-4-10-29-12-9-28-15-29/h5-9,12-15,23,31H,4,10-11H2,1-3H3/t23-/m1/s1. The van der Waals surface area contributed by atoms with Crippen LogP contribution in [0.4, 0.5) is 0 Å². The van der Waals surface area contributed by atoms with Gasteiger partial charge in [0.1, 0.15) is 23.0 Å². The Kier molecular flexibility index (Phi) is 7.49. The fourth-order valence-electron chi connectivity index (χ4n) is 4.30. The molecule has 0 aliphatic carbocycles. The van der Waals surface area contributed by atoms with E-state index < -0.39 is 17.7 Å². The van der Waals surface area contributed by atoms with Crippen molar-refractivity contribution in [1.29, 1.82) is 0 Å². The molecule has 2 heterocycles. The Morgan fingerprint density at radius 3 is 2.42 bits per heavy atom. The number of amides is 1. The van der Waals surface area contributed by atoms with Crippen LogP contribution in [0.5, 0.6) is 17.2 Å². The van der Waals surface area contributed by atoms with Gasteiger partial charge in [0.05, 0.1) is 44.3 Å². The van der Waals surface area contributed by atoms with Crippen LogP contribution < -0.4 is 14.2 Å². The number of aryl methyl sites for hydroxylation is 1. The fourth-order valence-corrected chi connectivity index (χ4v) is 4.56. The van der Waals surface area contributed by atoms with Crippen LogP contribution in [0.1, 0.15) is 23.6 Å². The molecule has 10 heteroatoms. The number of ketones is 1. The average molecular weight is 512 g/mol. The number of benzene rings is 2. The van der Waals surface area contributed by atoms with E-state index in [9.17, 15) is 14.7 Å². The van der Waals surface area contributed by atoms with Gasteiger partial charge in [-0.25, -0.2) is 4.98 Å². The Bertz CT molecular complexity index is 1310. The summed E-state index contributed by atoms with van der Waals surface area (Å²) >= 11 is 6.27. The van der Waals surface area contributed by atoms with Crippen molar-refractivity contribution in [3.05, 3.63) is 76.8 Å². The van der Waals surface area contributed by atoms with Crippen molar-refractivity contribution in [2.45, 2.75) is 19.0 Å². The Morgan fingerprint density at radius 2 is 1.78 bits per heavy atom. The second-order valence-electron chi connectivity index (χ2n) is 8.10. The number of aliphatic hydroxyl groups is 1. The number of likely N-dealkylation sites (tertiary alicyclic amines) is 1. The number of halogens is 1. The summed E-state index contributed by atoms with van der Waals surface area (Å²) in [6, 6.07) is 8.86. The van der Waals surface area contributed by atoms with Gasteiger partial charge >= 0.3 is 0 Å². The van der Waals surface area contributed by atoms with E-state index in [0.717, 1.165) is 0 Å². The van der Waals surface area contributed by atoms with Crippen molar-refractivity contribution in [1.82, 2.24) is 14.5 Å². The van der Waals surface area contributed by atoms with Crippen molar-refractivity contribution < 1.29 is 28.9 Å². The summed E-state index contributed by atoms with van der Waals surface area (Å²) in [6.07, 6.45) is 5.74. The maximum atomic E-state index is 13.3. The monoisotopic (exact) mass is 511 g/mol. The van der Waals surface area contributed by atoms with Crippen LogP contribution in [0.25, 0.3) is 5.76 Å². The number of rotatable bonds is 9. The molecule has 0 saturated carbocycles. The molecule has 2 aromatic carbocycles. The lowest BCUT2D eigenvalue weighted by molar-refractivity contribution is -0.140. The first kappa shape index (κ1) is 25.1. The van der Waals surface area contributed by atoms with Gasteiger partial charge in [-0.2, -0.15) is 0 Å². The number of methoxy groups -OCH3 is 3. The van der Waals surface area contributed by atoms with E-state index in [1.54, 1.807) is 42.9 Å². The van der Waals surface area contributed by atoms with Crippen LogP contribution in [-0.4, -0.2) is 59.1 Å². The van der Waals surface area contributed by atoms with Crippen LogP contribution in [0.2, 0.25) is 5.02 Å². The quantitative estimate of drug-likeness (QED) is 0.262. The molecule has 1 amide bonds. The molecule has 188 valence electrons. The zero-order chi connectivity index (χ0) is 25.8. The molecule has 0 radical (unpaired) electrons. The van der Waals surface area contributed by atoms with Crippen LogP contribution in [-0.2, 0) is 16.1 Å². The molecule has 1 aliphatic rings.